The highest BCUT2D eigenvalue weighted by atomic mass is 16.3. The number of hydrogen-bond acceptors (Lipinski definition) is 3. The van der Waals surface area contributed by atoms with Gasteiger partial charge in [-0.25, -0.2) is 0 Å². The first kappa shape index (κ1) is 18.0. The molecule has 4 fully saturated rings. The van der Waals surface area contributed by atoms with E-state index >= 15 is 0 Å². The second kappa shape index (κ2) is 5.55. The summed E-state index contributed by atoms with van der Waals surface area (Å²) in [6, 6.07) is 0. The monoisotopic (exact) mass is 348 g/mol. The van der Waals surface area contributed by atoms with E-state index in [9.17, 15) is 15.0 Å². The minimum atomic E-state index is -1.14. The molecule has 0 radical (unpaired) electrons. The van der Waals surface area contributed by atoms with Crippen LogP contribution in [0.2, 0.25) is 0 Å². The van der Waals surface area contributed by atoms with Crippen LogP contribution < -0.4 is 0 Å². The van der Waals surface area contributed by atoms with Crippen molar-refractivity contribution in [1.82, 2.24) is 0 Å². The summed E-state index contributed by atoms with van der Waals surface area (Å²) in [5.74, 6) is 2.53. The lowest BCUT2D eigenvalue weighted by molar-refractivity contribution is -0.175. The van der Waals surface area contributed by atoms with Gasteiger partial charge in [-0.15, -0.1) is 0 Å². The summed E-state index contributed by atoms with van der Waals surface area (Å²) in [5, 5.41) is 21.6. The molecule has 142 valence electrons. The van der Waals surface area contributed by atoms with E-state index in [0.29, 0.717) is 29.1 Å². The molecule has 0 aliphatic heterocycles. The molecule has 2 N–H and O–H groups in total. The third-order valence-electron chi connectivity index (χ3n) is 9.76. The number of fused-ring (bicyclic) bond motifs is 5. The molecule has 4 saturated carbocycles. The summed E-state index contributed by atoms with van der Waals surface area (Å²) in [7, 11) is 0. The summed E-state index contributed by atoms with van der Waals surface area (Å²) >= 11 is 0. The highest BCUT2D eigenvalue weighted by Gasteiger charge is 2.68. The van der Waals surface area contributed by atoms with Crippen LogP contribution in [0.3, 0.4) is 0 Å². The van der Waals surface area contributed by atoms with Crippen LogP contribution in [0.4, 0.5) is 0 Å². The number of ketones is 1. The fourth-order valence-corrected chi connectivity index (χ4v) is 8.33. The van der Waals surface area contributed by atoms with Gasteiger partial charge in [0, 0.05) is 5.41 Å². The summed E-state index contributed by atoms with van der Waals surface area (Å²) < 4.78 is 0. The molecule has 0 saturated heterocycles. The zero-order valence-corrected chi connectivity index (χ0v) is 16.4. The molecule has 0 spiro atoms. The maximum atomic E-state index is 12.4. The first-order valence-electron chi connectivity index (χ1n) is 10.6. The van der Waals surface area contributed by atoms with Crippen LogP contribution in [0, 0.1) is 40.4 Å². The Morgan fingerprint density at radius 2 is 1.72 bits per heavy atom. The summed E-state index contributed by atoms with van der Waals surface area (Å²) in [6.45, 7) is 8.37. The first-order chi connectivity index (χ1) is 11.6. The Kier molecular flexibility index (Phi) is 3.99. The van der Waals surface area contributed by atoms with Crippen LogP contribution in [0.1, 0.15) is 79.1 Å². The molecule has 0 heterocycles. The van der Waals surface area contributed by atoms with Crippen molar-refractivity contribution >= 4 is 5.78 Å². The van der Waals surface area contributed by atoms with Gasteiger partial charge in [-0.2, -0.15) is 0 Å². The normalized spacial score (nSPS) is 58.2. The average molecular weight is 349 g/mol. The van der Waals surface area contributed by atoms with Crippen LogP contribution >= 0.6 is 0 Å². The van der Waals surface area contributed by atoms with Gasteiger partial charge in [-0.3, -0.25) is 4.79 Å². The Balaban J connectivity index is 1.67. The highest BCUT2D eigenvalue weighted by Crippen LogP contribution is 2.69. The topological polar surface area (TPSA) is 57.5 Å². The molecule has 3 nitrogen and oxygen atoms in total. The lowest BCUT2D eigenvalue weighted by Gasteiger charge is -2.61. The molecule has 0 aromatic carbocycles. The molecule has 25 heavy (non-hydrogen) atoms. The molecule has 4 aliphatic rings. The Morgan fingerprint density at radius 3 is 2.40 bits per heavy atom. The lowest BCUT2D eigenvalue weighted by Crippen LogP contribution is -2.59. The third-order valence-corrected chi connectivity index (χ3v) is 9.76. The molecule has 0 bridgehead atoms. The van der Waals surface area contributed by atoms with E-state index in [2.05, 4.69) is 20.8 Å². The SMILES string of the molecule is CC(=O)[C@@]1(O)C(C)C[C@H]2[C@@H]3CCC4CC(O)CC[C@]4(C)[C@H]3CC[C@@]21C. The number of aliphatic hydroxyl groups is 2. The third kappa shape index (κ3) is 2.15. The molecule has 4 aliphatic carbocycles. The van der Waals surface area contributed by atoms with E-state index in [-0.39, 0.29) is 23.2 Å². The van der Waals surface area contributed by atoms with Crippen molar-refractivity contribution in [1.29, 1.82) is 0 Å². The number of aliphatic hydroxyl groups excluding tert-OH is 1. The van der Waals surface area contributed by atoms with Crippen molar-refractivity contribution in [2.45, 2.75) is 90.8 Å². The van der Waals surface area contributed by atoms with Gasteiger partial charge in [0.05, 0.1) is 6.10 Å². The van der Waals surface area contributed by atoms with Crippen LogP contribution in [-0.4, -0.2) is 27.7 Å². The molecular formula is C22H36O3. The molecule has 0 aromatic heterocycles. The van der Waals surface area contributed by atoms with Gasteiger partial charge in [-0.05, 0) is 93.3 Å². The van der Waals surface area contributed by atoms with Gasteiger partial charge in [0.2, 0.25) is 0 Å². The molecule has 0 aromatic rings. The van der Waals surface area contributed by atoms with E-state index in [1.54, 1.807) is 6.92 Å². The summed E-state index contributed by atoms with van der Waals surface area (Å²) in [4.78, 5) is 12.4. The van der Waals surface area contributed by atoms with E-state index in [1.807, 2.05) is 0 Å². The predicted molar refractivity (Wildman–Crippen MR) is 97.9 cm³/mol. The zero-order chi connectivity index (χ0) is 18.2. The van der Waals surface area contributed by atoms with Gasteiger partial charge < -0.3 is 10.2 Å². The second-order valence-electron chi connectivity index (χ2n) is 10.5. The highest BCUT2D eigenvalue weighted by molar-refractivity contribution is 5.86. The fourth-order valence-electron chi connectivity index (χ4n) is 8.33. The molecule has 0 amide bonds. The summed E-state index contributed by atoms with van der Waals surface area (Å²) in [5.41, 5.74) is -1.04. The first-order valence-corrected chi connectivity index (χ1v) is 10.6. The Morgan fingerprint density at radius 1 is 1.00 bits per heavy atom. The van der Waals surface area contributed by atoms with E-state index in [1.165, 1.54) is 12.8 Å². The van der Waals surface area contributed by atoms with Crippen molar-refractivity contribution in [2.24, 2.45) is 40.4 Å². The standard InChI is InChI=1S/C22H36O3/c1-13-11-19-17-6-5-15-12-16(24)7-9-20(15,3)18(17)8-10-21(19,4)22(13,25)14(2)23/h13,15-19,24-25H,5-12H2,1-4H3/t13?,15?,16?,17-,18+,19+,20+,21+,22+/m1/s1. The van der Waals surface area contributed by atoms with Crippen LogP contribution in [0.25, 0.3) is 0 Å². The number of Topliss-reactive ketones (excluding diaryl/α,β-unsaturated/α-hetero) is 1. The molecular weight excluding hydrogens is 312 g/mol. The van der Waals surface area contributed by atoms with Crippen molar-refractivity contribution in [3.05, 3.63) is 0 Å². The van der Waals surface area contributed by atoms with Crippen molar-refractivity contribution < 1.29 is 15.0 Å². The molecule has 3 unspecified atom stereocenters. The van der Waals surface area contributed by atoms with Crippen LogP contribution in [-0.2, 0) is 4.79 Å². The second-order valence-corrected chi connectivity index (χ2v) is 10.5. The Bertz CT molecular complexity index is 574. The van der Waals surface area contributed by atoms with Gasteiger partial charge >= 0.3 is 0 Å². The maximum Gasteiger partial charge on any atom is 0.162 e. The number of carbonyl (C=O) groups is 1. The number of hydrogen-bond donors (Lipinski definition) is 2. The van der Waals surface area contributed by atoms with Gasteiger partial charge in [0.25, 0.3) is 0 Å². The van der Waals surface area contributed by atoms with E-state index in [4.69, 9.17) is 0 Å². The summed E-state index contributed by atoms with van der Waals surface area (Å²) in [6.07, 6.45) is 8.53. The Labute approximate surface area is 152 Å². The minimum absolute atomic E-state index is 0.0239. The quantitative estimate of drug-likeness (QED) is 0.754. The molecule has 3 heteroatoms. The van der Waals surface area contributed by atoms with E-state index < -0.39 is 5.60 Å². The average Bonchev–Trinajstić information content (AvgIpc) is 2.77. The molecule has 9 atom stereocenters. The lowest BCUT2D eigenvalue weighted by atomic mass is 9.44. The maximum absolute atomic E-state index is 12.4. The molecule has 4 rings (SSSR count). The minimum Gasteiger partial charge on any atom is -0.393 e. The van der Waals surface area contributed by atoms with Crippen molar-refractivity contribution in [3.63, 3.8) is 0 Å². The van der Waals surface area contributed by atoms with Gasteiger partial charge in [0.15, 0.2) is 5.78 Å². The number of rotatable bonds is 1. The van der Waals surface area contributed by atoms with E-state index in [0.717, 1.165) is 38.5 Å². The zero-order valence-electron chi connectivity index (χ0n) is 16.4. The number of carbonyl (C=O) groups excluding carboxylic acids is 1. The fraction of sp³-hybridized carbons (Fsp3) is 0.955. The Hall–Kier alpha value is -0.410. The van der Waals surface area contributed by atoms with Crippen LogP contribution in [0.5, 0.6) is 0 Å². The smallest absolute Gasteiger partial charge is 0.162 e. The predicted octanol–water partition coefficient (Wildman–Crippen LogP) is 3.96. The largest absolute Gasteiger partial charge is 0.393 e. The van der Waals surface area contributed by atoms with Gasteiger partial charge in [-0.1, -0.05) is 20.8 Å². The van der Waals surface area contributed by atoms with Gasteiger partial charge in [0.1, 0.15) is 5.60 Å². The van der Waals surface area contributed by atoms with Crippen LogP contribution in [0.15, 0.2) is 0 Å². The van der Waals surface area contributed by atoms with Crippen molar-refractivity contribution in [2.75, 3.05) is 0 Å². The van der Waals surface area contributed by atoms with Crippen molar-refractivity contribution in [3.8, 4) is 0 Å².